The van der Waals surface area contributed by atoms with Crippen molar-refractivity contribution in [3.05, 3.63) is 30.3 Å². The van der Waals surface area contributed by atoms with Crippen molar-refractivity contribution in [1.82, 2.24) is 5.32 Å². The molecule has 4 heteroatoms. The summed E-state index contributed by atoms with van der Waals surface area (Å²) in [6.07, 6.45) is 2.52. The van der Waals surface area contributed by atoms with Crippen molar-refractivity contribution in [2.24, 2.45) is 0 Å². The second-order valence-corrected chi connectivity index (χ2v) is 4.60. The summed E-state index contributed by atoms with van der Waals surface area (Å²) >= 11 is 0. The van der Waals surface area contributed by atoms with Crippen LogP contribution in [-0.4, -0.2) is 24.4 Å². The van der Waals surface area contributed by atoms with Gasteiger partial charge in [0.2, 0.25) is 11.8 Å². The topological polar surface area (TPSA) is 49.4 Å². The smallest absolute Gasteiger partial charge is 0.223 e. The molecule has 1 saturated carbocycles. The number of carbonyl (C=O) groups excluding carboxylic acids is 2. The lowest BCUT2D eigenvalue weighted by Gasteiger charge is -2.20. The number of rotatable bonds is 5. The maximum absolute atomic E-state index is 11.6. The molecule has 1 fully saturated rings. The average Bonchev–Trinajstić information content (AvgIpc) is 3.14. The molecule has 1 aromatic carbocycles. The minimum atomic E-state index is -0.0413. The molecule has 1 aromatic rings. The van der Waals surface area contributed by atoms with E-state index >= 15 is 0 Å². The highest BCUT2D eigenvalue weighted by Crippen LogP contribution is 2.19. The number of nitrogens with one attached hydrogen (secondary N) is 1. The predicted molar refractivity (Wildman–Crippen MR) is 70.3 cm³/mol. The van der Waals surface area contributed by atoms with E-state index in [9.17, 15) is 9.59 Å². The lowest BCUT2D eigenvalue weighted by molar-refractivity contribution is -0.121. The van der Waals surface area contributed by atoms with Crippen LogP contribution in [0, 0.1) is 0 Å². The normalized spacial score (nSPS) is 14.1. The van der Waals surface area contributed by atoms with E-state index in [1.807, 2.05) is 30.3 Å². The Morgan fingerprint density at radius 2 is 1.94 bits per heavy atom. The van der Waals surface area contributed by atoms with Crippen molar-refractivity contribution in [2.45, 2.75) is 32.2 Å². The van der Waals surface area contributed by atoms with E-state index in [2.05, 4.69) is 5.32 Å². The molecule has 1 aliphatic carbocycles. The molecule has 4 nitrogen and oxygen atoms in total. The maximum Gasteiger partial charge on any atom is 0.223 e. The summed E-state index contributed by atoms with van der Waals surface area (Å²) in [5.41, 5.74) is 0.837. The highest BCUT2D eigenvalue weighted by Gasteiger charge is 2.23. The van der Waals surface area contributed by atoms with E-state index in [0.717, 1.165) is 18.5 Å². The van der Waals surface area contributed by atoms with Gasteiger partial charge in [0.1, 0.15) is 0 Å². The van der Waals surface area contributed by atoms with Gasteiger partial charge < -0.3 is 10.2 Å². The molecule has 0 saturated heterocycles. The summed E-state index contributed by atoms with van der Waals surface area (Å²) in [7, 11) is 0. The van der Waals surface area contributed by atoms with Crippen molar-refractivity contribution in [3.63, 3.8) is 0 Å². The van der Waals surface area contributed by atoms with Crippen LogP contribution < -0.4 is 10.2 Å². The first kappa shape index (κ1) is 12.6. The van der Waals surface area contributed by atoms with Gasteiger partial charge in [-0.2, -0.15) is 0 Å². The molecular formula is C14H18N2O2. The molecular weight excluding hydrogens is 228 g/mol. The minimum absolute atomic E-state index is 0.0275. The molecule has 2 amide bonds. The monoisotopic (exact) mass is 246 g/mol. The van der Waals surface area contributed by atoms with Crippen LogP contribution in [0.2, 0.25) is 0 Å². The lowest BCUT2D eigenvalue weighted by atomic mass is 10.2. The summed E-state index contributed by atoms with van der Waals surface area (Å²) in [5, 5.41) is 2.92. The Balaban J connectivity index is 1.90. The standard InChI is InChI=1S/C14H18N2O2/c1-11(17)16(13-5-3-2-4-6-13)10-9-14(18)15-12-7-8-12/h2-6,12H,7-10H2,1H3,(H,15,18). The van der Waals surface area contributed by atoms with Crippen LogP contribution in [0.15, 0.2) is 30.3 Å². The number of hydrogen-bond acceptors (Lipinski definition) is 2. The molecule has 1 aliphatic rings. The van der Waals surface area contributed by atoms with Gasteiger partial charge in [0.15, 0.2) is 0 Å². The average molecular weight is 246 g/mol. The fourth-order valence-corrected chi connectivity index (χ4v) is 1.82. The fraction of sp³-hybridized carbons (Fsp3) is 0.429. The number of hydrogen-bond donors (Lipinski definition) is 1. The van der Waals surface area contributed by atoms with Crippen LogP contribution in [0.3, 0.4) is 0 Å². The molecule has 96 valence electrons. The zero-order chi connectivity index (χ0) is 13.0. The van der Waals surface area contributed by atoms with Crippen molar-refractivity contribution < 1.29 is 9.59 Å². The quantitative estimate of drug-likeness (QED) is 0.859. The van der Waals surface area contributed by atoms with Crippen LogP contribution in [0.1, 0.15) is 26.2 Å². The molecule has 0 atom stereocenters. The number of amides is 2. The highest BCUT2D eigenvalue weighted by molar-refractivity contribution is 5.92. The van der Waals surface area contributed by atoms with E-state index < -0.39 is 0 Å². The zero-order valence-corrected chi connectivity index (χ0v) is 10.6. The first-order valence-corrected chi connectivity index (χ1v) is 6.29. The molecule has 0 aliphatic heterocycles. The summed E-state index contributed by atoms with van der Waals surface area (Å²) in [6, 6.07) is 9.80. The molecule has 0 unspecified atom stereocenters. The van der Waals surface area contributed by atoms with Gasteiger partial charge in [-0.25, -0.2) is 0 Å². The van der Waals surface area contributed by atoms with E-state index in [0.29, 0.717) is 19.0 Å². The van der Waals surface area contributed by atoms with Crippen LogP contribution >= 0.6 is 0 Å². The Hall–Kier alpha value is -1.84. The van der Waals surface area contributed by atoms with Gasteiger partial charge in [-0.05, 0) is 25.0 Å². The first-order chi connectivity index (χ1) is 8.66. The Labute approximate surface area is 107 Å². The minimum Gasteiger partial charge on any atom is -0.353 e. The Morgan fingerprint density at radius 3 is 2.50 bits per heavy atom. The number of anilines is 1. The summed E-state index contributed by atoms with van der Waals surface area (Å²) in [5.74, 6) is -0.0138. The number of nitrogens with zero attached hydrogens (tertiary/aromatic N) is 1. The SMILES string of the molecule is CC(=O)N(CCC(=O)NC1CC1)c1ccccc1. The summed E-state index contributed by atoms with van der Waals surface area (Å²) < 4.78 is 0. The Kier molecular flexibility index (Phi) is 3.97. The predicted octanol–water partition coefficient (Wildman–Crippen LogP) is 1.71. The zero-order valence-electron chi connectivity index (χ0n) is 10.6. The van der Waals surface area contributed by atoms with E-state index in [-0.39, 0.29) is 11.8 Å². The second-order valence-electron chi connectivity index (χ2n) is 4.60. The summed E-state index contributed by atoms with van der Waals surface area (Å²) in [4.78, 5) is 24.8. The third-order valence-corrected chi connectivity index (χ3v) is 2.95. The molecule has 0 heterocycles. The van der Waals surface area contributed by atoms with Gasteiger partial charge in [-0.15, -0.1) is 0 Å². The van der Waals surface area contributed by atoms with Gasteiger partial charge in [0.05, 0.1) is 0 Å². The van der Waals surface area contributed by atoms with Gasteiger partial charge in [0, 0.05) is 31.6 Å². The van der Waals surface area contributed by atoms with Crippen molar-refractivity contribution in [3.8, 4) is 0 Å². The molecule has 0 aromatic heterocycles. The Bertz CT molecular complexity index is 427. The molecule has 18 heavy (non-hydrogen) atoms. The molecule has 0 bridgehead atoms. The van der Waals surface area contributed by atoms with Gasteiger partial charge in [-0.1, -0.05) is 18.2 Å². The third kappa shape index (κ3) is 3.58. The maximum atomic E-state index is 11.6. The molecule has 0 radical (unpaired) electrons. The van der Waals surface area contributed by atoms with Crippen LogP contribution in [0.4, 0.5) is 5.69 Å². The van der Waals surface area contributed by atoms with Gasteiger partial charge in [0.25, 0.3) is 0 Å². The van der Waals surface area contributed by atoms with Crippen molar-refractivity contribution in [2.75, 3.05) is 11.4 Å². The second kappa shape index (κ2) is 5.67. The Morgan fingerprint density at radius 1 is 1.28 bits per heavy atom. The summed E-state index contributed by atoms with van der Waals surface area (Å²) in [6.45, 7) is 1.95. The van der Waals surface area contributed by atoms with E-state index in [1.54, 1.807) is 4.90 Å². The van der Waals surface area contributed by atoms with Gasteiger partial charge >= 0.3 is 0 Å². The van der Waals surface area contributed by atoms with Crippen LogP contribution in [0.25, 0.3) is 0 Å². The van der Waals surface area contributed by atoms with Crippen molar-refractivity contribution >= 4 is 17.5 Å². The molecule has 1 N–H and O–H groups in total. The molecule has 2 rings (SSSR count). The number of carbonyl (C=O) groups is 2. The fourth-order valence-electron chi connectivity index (χ4n) is 1.82. The van der Waals surface area contributed by atoms with Crippen molar-refractivity contribution in [1.29, 1.82) is 0 Å². The lowest BCUT2D eigenvalue weighted by Crippen LogP contribution is -2.34. The number of benzene rings is 1. The van der Waals surface area contributed by atoms with E-state index in [1.165, 1.54) is 6.92 Å². The van der Waals surface area contributed by atoms with Gasteiger partial charge in [-0.3, -0.25) is 9.59 Å². The largest absolute Gasteiger partial charge is 0.353 e. The number of para-hydroxylation sites is 1. The first-order valence-electron chi connectivity index (χ1n) is 6.29. The molecule has 0 spiro atoms. The van der Waals surface area contributed by atoms with Crippen LogP contribution in [0.5, 0.6) is 0 Å². The third-order valence-electron chi connectivity index (χ3n) is 2.95. The highest BCUT2D eigenvalue weighted by atomic mass is 16.2. The van der Waals surface area contributed by atoms with E-state index in [4.69, 9.17) is 0 Å². The van der Waals surface area contributed by atoms with Crippen LogP contribution in [-0.2, 0) is 9.59 Å².